The van der Waals surface area contributed by atoms with Crippen LogP contribution in [0.2, 0.25) is 5.02 Å². The van der Waals surface area contributed by atoms with Crippen molar-refractivity contribution in [2.24, 2.45) is 0 Å². The Morgan fingerprint density at radius 3 is 2.22 bits per heavy atom. The van der Waals surface area contributed by atoms with Crippen LogP contribution in [-0.4, -0.2) is 21.4 Å². The van der Waals surface area contributed by atoms with E-state index in [4.69, 9.17) is 16.7 Å². The fraction of sp³-hybridized carbons (Fsp3) is 0.0435. The molecule has 9 heteroatoms. The van der Waals surface area contributed by atoms with E-state index >= 15 is 0 Å². The first-order chi connectivity index (χ1) is 15.1. The molecule has 1 N–H and O–H groups in total. The molecule has 1 aromatic heterocycles. The molecule has 0 radical (unpaired) electrons. The molecule has 3 aromatic carbocycles. The van der Waals surface area contributed by atoms with Crippen molar-refractivity contribution in [3.8, 4) is 5.69 Å². The molecule has 0 unspecified atom stereocenters. The molecule has 1 heterocycles. The van der Waals surface area contributed by atoms with Gasteiger partial charge in [-0.3, -0.25) is 4.79 Å². The van der Waals surface area contributed by atoms with Gasteiger partial charge in [0, 0.05) is 17.3 Å². The lowest BCUT2D eigenvalue weighted by atomic mass is 9.97. The van der Waals surface area contributed by atoms with Crippen molar-refractivity contribution < 1.29 is 32.3 Å². The monoisotopic (exact) mass is 461 g/mol. The van der Waals surface area contributed by atoms with Crippen LogP contribution in [0.5, 0.6) is 0 Å². The summed E-state index contributed by atoms with van der Waals surface area (Å²) in [5.41, 5.74) is -1.68. The molecule has 4 nitrogen and oxygen atoms in total. The van der Waals surface area contributed by atoms with Gasteiger partial charge >= 0.3 is 12.1 Å². The van der Waals surface area contributed by atoms with Crippen LogP contribution < -0.4 is 0 Å². The highest BCUT2D eigenvalue weighted by Gasteiger charge is 2.37. The quantitative estimate of drug-likeness (QED) is 0.284. The van der Waals surface area contributed by atoms with E-state index in [9.17, 15) is 27.2 Å². The van der Waals surface area contributed by atoms with Crippen LogP contribution in [0.25, 0.3) is 16.6 Å². The first kappa shape index (κ1) is 21.6. The normalized spacial score (nSPS) is 11.7. The number of halogens is 5. The molecule has 0 aliphatic carbocycles. The highest BCUT2D eigenvalue weighted by atomic mass is 35.5. The van der Waals surface area contributed by atoms with E-state index in [1.165, 1.54) is 47.2 Å². The van der Waals surface area contributed by atoms with Crippen molar-refractivity contribution in [3.63, 3.8) is 0 Å². The second kappa shape index (κ2) is 7.80. The highest BCUT2D eigenvalue weighted by molar-refractivity contribution is 6.36. The maximum Gasteiger partial charge on any atom is 0.417 e. The third-order valence-corrected chi connectivity index (χ3v) is 5.28. The van der Waals surface area contributed by atoms with Crippen LogP contribution in [0.15, 0.2) is 66.9 Å². The fourth-order valence-corrected chi connectivity index (χ4v) is 3.78. The Labute approximate surface area is 183 Å². The summed E-state index contributed by atoms with van der Waals surface area (Å²) in [4.78, 5) is 24.3. The molecular weight excluding hydrogens is 450 g/mol. The Bertz CT molecular complexity index is 1370. The third kappa shape index (κ3) is 3.62. The number of hydrogen-bond acceptors (Lipinski definition) is 2. The van der Waals surface area contributed by atoms with Gasteiger partial charge < -0.3 is 9.67 Å². The number of ketones is 1. The molecular formula is C23H12ClF4NO3. The number of carboxylic acids is 1. The molecule has 0 saturated heterocycles. The zero-order chi connectivity index (χ0) is 23.2. The summed E-state index contributed by atoms with van der Waals surface area (Å²) in [6.07, 6.45) is -3.63. The van der Waals surface area contributed by atoms with Crippen LogP contribution in [0.4, 0.5) is 17.6 Å². The number of carbonyl (C=O) groups is 2. The molecule has 0 atom stereocenters. The molecule has 4 aromatic rings. The number of aromatic nitrogens is 1. The number of benzene rings is 3. The lowest BCUT2D eigenvalue weighted by Crippen LogP contribution is -2.14. The van der Waals surface area contributed by atoms with Crippen molar-refractivity contribution in [2.75, 3.05) is 0 Å². The predicted octanol–water partition coefficient (Wildman–Crippen LogP) is 6.37. The largest absolute Gasteiger partial charge is 0.478 e. The van der Waals surface area contributed by atoms with Crippen LogP contribution in [0, 0.1) is 5.82 Å². The first-order valence-corrected chi connectivity index (χ1v) is 9.51. The van der Waals surface area contributed by atoms with E-state index in [1.807, 2.05) is 0 Å². The van der Waals surface area contributed by atoms with Gasteiger partial charge in [-0.05, 0) is 48.5 Å². The van der Waals surface area contributed by atoms with Gasteiger partial charge in [0.25, 0.3) is 0 Å². The Kier molecular flexibility index (Phi) is 5.26. The second-order valence-corrected chi connectivity index (χ2v) is 7.30. The fourth-order valence-electron chi connectivity index (χ4n) is 3.52. The number of carboxylic acid groups (broad SMARTS) is 1. The Balaban J connectivity index is 1.96. The number of carbonyl (C=O) groups excluding carboxylic acids is 1. The van der Waals surface area contributed by atoms with Crippen molar-refractivity contribution in [1.82, 2.24) is 4.57 Å². The summed E-state index contributed by atoms with van der Waals surface area (Å²) in [5, 5.41) is 8.49. The van der Waals surface area contributed by atoms with Gasteiger partial charge in [0.2, 0.25) is 0 Å². The Morgan fingerprint density at radius 2 is 1.59 bits per heavy atom. The minimum atomic E-state index is -4.85. The molecule has 0 bridgehead atoms. The highest BCUT2D eigenvalue weighted by Crippen LogP contribution is 2.38. The van der Waals surface area contributed by atoms with Crippen molar-refractivity contribution in [3.05, 3.63) is 100.0 Å². The molecule has 0 saturated carbocycles. The second-order valence-electron chi connectivity index (χ2n) is 6.89. The van der Waals surface area contributed by atoms with Crippen molar-refractivity contribution >= 4 is 34.3 Å². The predicted molar refractivity (Wildman–Crippen MR) is 110 cm³/mol. The Morgan fingerprint density at radius 1 is 0.938 bits per heavy atom. The number of hydrogen-bond donors (Lipinski definition) is 1. The lowest BCUT2D eigenvalue weighted by molar-refractivity contribution is -0.137. The van der Waals surface area contributed by atoms with Crippen LogP contribution in [0.1, 0.15) is 31.8 Å². The molecule has 0 amide bonds. The minimum Gasteiger partial charge on any atom is -0.478 e. The van der Waals surface area contributed by atoms with Crippen LogP contribution in [0.3, 0.4) is 0 Å². The third-order valence-electron chi connectivity index (χ3n) is 4.96. The Hall–Kier alpha value is -3.65. The number of aromatic carboxylic acids is 1. The van der Waals surface area contributed by atoms with Gasteiger partial charge in [-0.15, -0.1) is 0 Å². The first-order valence-electron chi connectivity index (χ1n) is 9.13. The summed E-state index contributed by atoms with van der Waals surface area (Å²) < 4.78 is 56.8. The summed E-state index contributed by atoms with van der Waals surface area (Å²) in [5.74, 6) is -3.03. The lowest BCUT2D eigenvalue weighted by Gasteiger charge is -2.13. The average molecular weight is 462 g/mol. The van der Waals surface area contributed by atoms with Crippen LogP contribution >= 0.6 is 11.6 Å². The van der Waals surface area contributed by atoms with Gasteiger partial charge in [0.05, 0.1) is 32.8 Å². The molecule has 32 heavy (non-hydrogen) atoms. The smallest absolute Gasteiger partial charge is 0.417 e. The number of fused-ring (bicyclic) bond motifs is 1. The number of nitrogens with zero attached hydrogens (tertiary/aromatic N) is 1. The van der Waals surface area contributed by atoms with Crippen molar-refractivity contribution in [1.29, 1.82) is 0 Å². The topological polar surface area (TPSA) is 59.3 Å². The standard InChI is InChI=1S/C23H12ClF4NO3/c24-16-4-1-3-15(23(26,27)28)20(16)21(30)14-11-29(18-6-2-5-17(25)19(14)18)13-9-7-12(8-10-13)22(31)32/h1-11H,(H,31,32). The number of alkyl halides is 3. The zero-order valence-electron chi connectivity index (χ0n) is 16.0. The van der Waals surface area contributed by atoms with Crippen LogP contribution in [-0.2, 0) is 6.18 Å². The molecule has 0 aliphatic rings. The van der Waals surface area contributed by atoms with E-state index in [-0.39, 0.29) is 22.0 Å². The van der Waals surface area contributed by atoms with E-state index in [0.29, 0.717) is 5.69 Å². The van der Waals surface area contributed by atoms with E-state index in [0.717, 1.165) is 24.3 Å². The SMILES string of the molecule is O=C(O)c1ccc(-n2cc(C(=O)c3c(Cl)cccc3C(F)(F)F)c3c(F)cccc32)cc1. The summed E-state index contributed by atoms with van der Waals surface area (Å²) >= 11 is 5.97. The maximum atomic E-state index is 14.8. The minimum absolute atomic E-state index is 0.0126. The van der Waals surface area contributed by atoms with Crippen molar-refractivity contribution in [2.45, 2.75) is 6.18 Å². The summed E-state index contributed by atoms with van der Waals surface area (Å²) in [6, 6.07) is 12.5. The van der Waals surface area contributed by atoms with Gasteiger partial charge in [0.1, 0.15) is 5.82 Å². The van der Waals surface area contributed by atoms with E-state index < -0.39 is 39.9 Å². The molecule has 0 aliphatic heterocycles. The van der Waals surface area contributed by atoms with Gasteiger partial charge in [0.15, 0.2) is 5.78 Å². The van der Waals surface area contributed by atoms with Gasteiger partial charge in [-0.2, -0.15) is 13.2 Å². The summed E-state index contributed by atoms with van der Waals surface area (Å²) in [6.45, 7) is 0. The zero-order valence-corrected chi connectivity index (χ0v) is 16.7. The molecule has 0 fully saturated rings. The average Bonchev–Trinajstić information content (AvgIpc) is 3.13. The molecule has 162 valence electrons. The maximum absolute atomic E-state index is 14.8. The number of rotatable bonds is 4. The molecule has 4 rings (SSSR count). The summed E-state index contributed by atoms with van der Waals surface area (Å²) in [7, 11) is 0. The van der Waals surface area contributed by atoms with E-state index in [1.54, 1.807) is 0 Å². The van der Waals surface area contributed by atoms with E-state index in [2.05, 4.69) is 0 Å². The van der Waals surface area contributed by atoms with Gasteiger partial charge in [-0.1, -0.05) is 23.7 Å². The molecule has 0 spiro atoms. The van der Waals surface area contributed by atoms with Gasteiger partial charge in [-0.25, -0.2) is 9.18 Å².